The van der Waals surface area contributed by atoms with Crippen molar-refractivity contribution >= 4 is 17.2 Å². The highest BCUT2D eigenvalue weighted by Crippen LogP contribution is 2.37. The van der Waals surface area contributed by atoms with Crippen LogP contribution < -0.4 is 15.4 Å². The van der Waals surface area contributed by atoms with Gasteiger partial charge in [-0.1, -0.05) is 6.07 Å². The number of amides is 1. The second-order valence-electron chi connectivity index (χ2n) is 6.31. The summed E-state index contributed by atoms with van der Waals surface area (Å²) in [4.78, 5) is 18.6. The van der Waals surface area contributed by atoms with Crippen LogP contribution >= 0.6 is 0 Å². The molecule has 4 rings (SSSR count). The Morgan fingerprint density at radius 2 is 2.08 bits per heavy atom. The van der Waals surface area contributed by atoms with Gasteiger partial charge in [-0.05, 0) is 44.2 Å². The third-order valence-electron chi connectivity index (χ3n) is 4.70. The van der Waals surface area contributed by atoms with Crippen LogP contribution in [-0.2, 0) is 11.3 Å². The topological polar surface area (TPSA) is 72.9 Å². The van der Waals surface area contributed by atoms with Gasteiger partial charge in [0.25, 0.3) is 5.91 Å². The molecule has 0 spiro atoms. The number of hydrogen-bond acceptors (Lipinski definition) is 4. The molecule has 6 nitrogen and oxygen atoms in total. The maximum absolute atomic E-state index is 12.2. The number of carbonyl (C=O) groups is 1. The molecule has 1 aliphatic heterocycles. The molecule has 0 bridgehead atoms. The molecular formula is C19H20N4O2. The lowest BCUT2D eigenvalue weighted by Gasteiger charge is -2.30. The largest absolute Gasteiger partial charge is 0.479 e. The molecule has 1 aromatic carbocycles. The zero-order valence-electron chi connectivity index (χ0n) is 14.5. The number of hydrogen-bond donors (Lipinski definition) is 1. The molecule has 1 aliphatic rings. The molecule has 2 aromatic heterocycles. The van der Waals surface area contributed by atoms with E-state index in [0.717, 1.165) is 34.0 Å². The lowest BCUT2D eigenvalue weighted by molar-refractivity contribution is -0.125. The molecule has 0 fully saturated rings. The normalized spacial score (nSPS) is 16.9. The van der Waals surface area contributed by atoms with Crippen LogP contribution in [0.2, 0.25) is 0 Å². The van der Waals surface area contributed by atoms with Crippen molar-refractivity contribution in [3.63, 3.8) is 0 Å². The Morgan fingerprint density at radius 3 is 2.84 bits per heavy atom. The summed E-state index contributed by atoms with van der Waals surface area (Å²) in [7, 11) is 1.77. The molecule has 0 radical (unpaired) electrons. The molecule has 1 atom stereocenters. The Balaban J connectivity index is 1.91. The summed E-state index contributed by atoms with van der Waals surface area (Å²) in [6, 6.07) is 11.8. The molecule has 0 saturated carbocycles. The van der Waals surface area contributed by atoms with E-state index in [2.05, 4.69) is 4.40 Å². The number of fused-ring (bicyclic) bond motifs is 2. The van der Waals surface area contributed by atoms with Gasteiger partial charge in [0, 0.05) is 24.8 Å². The second-order valence-corrected chi connectivity index (χ2v) is 6.31. The quantitative estimate of drug-likeness (QED) is 0.780. The van der Waals surface area contributed by atoms with Crippen LogP contribution in [0.3, 0.4) is 0 Å². The fraction of sp³-hybridized carbons (Fsp3) is 0.263. The Bertz CT molecular complexity index is 992. The summed E-state index contributed by atoms with van der Waals surface area (Å²) in [6.07, 6.45) is -0.471. The van der Waals surface area contributed by atoms with Crippen LogP contribution in [-0.4, -0.2) is 28.4 Å². The van der Waals surface area contributed by atoms with E-state index < -0.39 is 6.10 Å². The minimum Gasteiger partial charge on any atom is -0.479 e. The molecule has 0 saturated heterocycles. The van der Waals surface area contributed by atoms with Crippen molar-refractivity contribution in [1.82, 2.24) is 9.38 Å². The van der Waals surface area contributed by atoms with Gasteiger partial charge in [-0.25, -0.2) is 4.98 Å². The van der Waals surface area contributed by atoms with Crippen LogP contribution in [0.4, 0.5) is 5.69 Å². The van der Waals surface area contributed by atoms with Crippen LogP contribution in [0.1, 0.15) is 18.3 Å². The van der Waals surface area contributed by atoms with E-state index >= 15 is 0 Å². The number of benzene rings is 1. The van der Waals surface area contributed by atoms with Gasteiger partial charge >= 0.3 is 0 Å². The van der Waals surface area contributed by atoms with E-state index in [1.165, 1.54) is 0 Å². The predicted octanol–water partition coefficient (Wildman–Crippen LogP) is 2.51. The number of anilines is 1. The Morgan fingerprint density at radius 1 is 1.28 bits per heavy atom. The molecule has 0 aliphatic carbocycles. The Hall–Kier alpha value is -2.86. The highest BCUT2D eigenvalue weighted by Gasteiger charge is 2.29. The number of carbonyl (C=O) groups excluding carboxylic acids is 1. The molecular weight excluding hydrogens is 316 g/mol. The van der Waals surface area contributed by atoms with Crippen molar-refractivity contribution in [2.45, 2.75) is 26.5 Å². The molecule has 1 amide bonds. The van der Waals surface area contributed by atoms with E-state index in [1.54, 1.807) is 18.9 Å². The lowest BCUT2D eigenvalue weighted by atomic mass is 10.1. The fourth-order valence-electron chi connectivity index (χ4n) is 3.40. The third kappa shape index (κ3) is 2.29. The van der Waals surface area contributed by atoms with Crippen molar-refractivity contribution in [1.29, 1.82) is 0 Å². The molecule has 2 N–H and O–H groups in total. The summed E-state index contributed by atoms with van der Waals surface area (Å²) in [5.74, 6) is 0.641. The van der Waals surface area contributed by atoms with Gasteiger partial charge in [-0.15, -0.1) is 0 Å². The maximum atomic E-state index is 12.2. The molecule has 128 valence electrons. The first-order valence-electron chi connectivity index (χ1n) is 8.27. The number of nitrogens with two attached hydrogens (primary N) is 1. The van der Waals surface area contributed by atoms with Gasteiger partial charge in [-0.3, -0.25) is 9.20 Å². The van der Waals surface area contributed by atoms with Gasteiger partial charge < -0.3 is 15.4 Å². The Kier molecular flexibility index (Phi) is 3.51. The minimum absolute atomic E-state index is 0.0606. The highest BCUT2D eigenvalue weighted by atomic mass is 16.5. The van der Waals surface area contributed by atoms with E-state index in [9.17, 15) is 4.79 Å². The number of nitrogens with zero attached hydrogens (tertiary/aromatic N) is 3. The summed E-state index contributed by atoms with van der Waals surface area (Å²) in [5, 5.41) is 0. The van der Waals surface area contributed by atoms with Crippen LogP contribution in [0.5, 0.6) is 5.75 Å². The van der Waals surface area contributed by atoms with E-state index in [0.29, 0.717) is 12.3 Å². The molecule has 3 aromatic rings. The summed E-state index contributed by atoms with van der Waals surface area (Å²) >= 11 is 0. The molecule has 6 heteroatoms. The lowest BCUT2D eigenvalue weighted by Crippen LogP contribution is -2.41. The van der Waals surface area contributed by atoms with Gasteiger partial charge in [0.1, 0.15) is 11.4 Å². The Labute approximate surface area is 145 Å². The predicted molar refractivity (Wildman–Crippen MR) is 96.8 cm³/mol. The first kappa shape index (κ1) is 15.7. The third-order valence-corrected chi connectivity index (χ3v) is 4.70. The van der Waals surface area contributed by atoms with Crippen LogP contribution in [0.25, 0.3) is 16.9 Å². The molecule has 1 unspecified atom stereocenters. The zero-order chi connectivity index (χ0) is 17.7. The van der Waals surface area contributed by atoms with Crippen LogP contribution in [0.15, 0.2) is 36.4 Å². The van der Waals surface area contributed by atoms with Gasteiger partial charge in [0.2, 0.25) is 0 Å². The first-order chi connectivity index (χ1) is 12.0. The number of pyridine rings is 1. The summed E-state index contributed by atoms with van der Waals surface area (Å²) < 4.78 is 7.77. The molecule has 25 heavy (non-hydrogen) atoms. The summed E-state index contributed by atoms with van der Waals surface area (Å²) in [6.45, 7) is 4.17. The standard InChI is InChI=1S/C19H20N4O2/c1-11-5-4-6-17-21-18(15(10-20)23(11)17)13-7-8-16-14(9-13)22(3)19(24)12(2)25-16/h4-9,12H,10,20H2,1-3H3. The second kappa shape index (κ2) is 5.60. The molecule has 3 heterocycles. The maximum Gasteiger partial charge on any atom is 0.267 e. The monoisotopic (exact) mass is 336 g/mol. The van der Waals surface area contributed by atoms with Crippen molar-refractivity contribution in [3.8, 4) is 17.0 Å². The van der Waals surface area contributed by atoms with Crippen LogP contribution in [0, 0.1) is 6.92 Å². The van der Waals surface area contributed by atoms with E-state index in [4.69, 9.17) is 15.5 Å². The van der Waals surface area contributed by atoms with Crippen molar-refractivity contribution < 1.29 is 9.53 Å². The SMILES string of the molecule is Cc1cccc2nc(-c3ccc4c(c3)N(C)C(=O)C(C)O4)c(CN)n12. The van der Waals surface area contributed by atoms with Crippen molar-refractivity contribution in [3.05, 3.63) is 47.8 Å². The van der Waals surface area contributed by atoms with Gasteiger partial charge in [0.05, 0.1) is 17.1 Å². The van der Waals surface area contributed by atoms with Gasteiger partial charge in [-0.2, -0.15) is 0 Å². The number of imidazole rings is 1. The number of likely N-dealkylation sites (N-methyl/N-ethyl adjacent to an activating group) is 1. The van der Waals surface area contributed by atoms with Crippen molar-refractivity contribution in [2.75, 3.05) is 11.9 Å². The van der Waals surface area contributed by atoms with Gasteiger partial charge in [0.15, 0.2) is 6.10 Å². The average Bonchev–Trinajstić information content (AvgIpc) is 2.99. The first-order valence-corrected chi connectivity index (χ1v) is 8.27. The van der Waals surface area contributed by atoms with Crippen molar-refractivity contribution in [2.24, 2.45) is 5.73 Å². The summed E-state index contributed by atoms with van der Waals surface area (Å²) in [5.41, 5.74) is 11.4. The minimum atomic E-state index is -0.471. The van der Waals surface area contributed by atoms with E-state index in [-0.39, 0.29) is 5.91 Å². The average molecular weight is 336 g/mol. The fourth-order valence-corrected chi connectivity index (χ4v) is 3.40. The number of aromatic nitrogens is 2. The zero-order valence-corrected chi connectivity index (χ0v) is 14.5. The highest BCUT2D eigenvalue weighted by molar-refractivity contribution is 6.00. The smallest absolute Gasteiger partial charge is 0.267 e. The number of ether oxygens (including phenoxy) is 1. The number of rotatable bonds is 2. The van der Waals surface area contributed by atoms with E-state index in [1.807, 2.05) is 43.3 Å². The number of aryl methyl sites for hydroxylation is 1.